The molecule has 0 nitrogen and oxygen atoms in total. The van der Waals surface area contributed by atoms with Crippen LogP contribution in [0.3, 0.4) is 0 Å². The number of hydrogen-bond acceptors (Lipinski definition) is 0. The summed E-state index contributed by atoms with van der Waals surface area (Å²) < 4.78 is 0. The predicted molar refractivity (Wildman–Crippen MR) is 59.7 cm³/mol. The molecule has 0 aromatic carbocycles. The Bertz CT molecular complexity index is 176. The standard InChI is InChI=1S/C13H26/c1-7-11-8-10(2)13(5,6)12(3,4)9-11/h10-11H,7-9H2,1-6H3. The van der Waals surface area contributed by atoms with Gasteiger partial charge in [0.25, 0.3) is 0 Å². The third-order valence-electron chi connectivity index (χ3n) is 5.04. The van der Waals surface area contributed by atoms with Crippen LogP contribution in [-0.2, 0) is 0 Å². The Morgan fingerprint density at radius 2 is 1.69 bits per heavy atom. The van der Waals surface area contributed by atoms with Crippen molar-refractivity contribution in [3.05, 3.63) is 0 Å². The van der Waals surface area contributed by atoms with Gasteiger partial charge in [-0.15, -0.1) is 0 Å². The second kappa shape index (κ2) is 3.29. The van der Waals surface area contributed by atoms with Crippen molar-refractivity contribution in [3.63, 3.8) is 0 Å². The first-order valence-corrected chi connectivity index (χ1v) is 5.81. The van der Waals surface area contributed by atoms with E-state index in [9.17, 15) is 0 Å². The summed E-state index contributed by atoms with van der Waals surface area (Å²) in [6.07, 6.45) is 4.22. The van der Waals surface area contributed by atoms with Crippen LogP contribution < -0.4 is 0 Å². The van der Waals surface area contributed by atoms with Crippen molar-refractivity contribution >= 4 is 0 Å². The van der Waals surface area contributed by atoms with Crippen LogP contribution in [0.4, 0.5) is 0 Å². The Kier molecular flexibility index (Phi) is 2.81. The molecule has 1 saturated carbocycles. The van der Waals surface area contributed by atoms with Gasteiger partial charge in [-0.1, -0.05) is 48.0 Å². The Balaban J connectivity index is 2.82. The molecule has 1 fully saturated rings. The molecular formula is C13H26. The van der Waals surface area contributed by atoms with E-state index in [0.717, 1.165) is 11.8 Å². The maximum Gasteiger partial charge on any atom is -0.0277 e. The second-order valence-corrected chi connectivity index (χ2v) is 6.22. The van der Waals surface area contributed by atoms with Gasteiger partial charge >= 0.3 is 0 Å². The lowest BCUT2D eigenvalue weighted by Gasteiger charge is -2.53. The Morgan fingerprint density at radius 3 is 2.08 bits per heavy atom. The summed E-state index contributed by atoms with van der Waals surface area (Å²) in [5, 5.41) is 0. The molecule has 0 aromatic heterocycles. The van der Waals surface area contributed by atoms with E-state index >= 15 is 0 Å². The molecule has 1 rings (SSSR count). The quantitative estimate of drug-likeness (QED) is 0.560. The normalized spacial score (nSPS) is 37.4. The van der Waals surface area contributed by atoms with E-state index in [2.05, 4.69) is 41.5 Å². The molecule has 0 aromatic rings. The fourth-order valence-corrected chi connectivity index (χ4v) is 2.84. The van der Waals surface area contributed by atoms with E-state index in [0.29, 0.717) is 10.8 Å². The molecule has 0 heterocycles. The summed E-state index contributed by atoms with van der Waals surface area (Å²) in [4.78, 5) is 0. The zero-order valence-electron chi connectivity index (χ0n) is 10.3. The summed E-state index contributed by atoms with van der Waals surface area (Å²) in [5.41, 5.74) is 1.03. The number of hydrogen-bond donors (Lipinski definition) is 0. The lowest BCUT2D eigenvalue weighted by Crippen LogP contribution is -2.44. The van der Waals surface area contributed by atoms with E-state index in [1.165, 1.54) is 19.3 Å². The van der Waals surface area contributed by atoms with Gasteiger partial charge < -0.3 is 0 Å². The van der Waals surface area contributed by atoms with Gasteiger partial charge in [-0.3, -0.25) is 0 Å². The van der Waals surface area contributed by atoms with E-state index in [1.54, 1.807) is 0 Å². The molecule has 0 bridgehead atoms. The SMILES string of the molecule is CCC1CC(C)C(C)(C)C(C)(C)C1. The minimum atomic E-state index is 0.513. The van der Waals surface area contributed by atoms with Crippen molar-refractivity contribution in [1.29, 1.82) is 0 Å². The largest absolute Gasteiger partial charge is 0.0651 e. The van der Waals surface area contributed by atoms with Crippen LogP contribution in [0.25, 0.3) is 0 Å². The highest BCUT2D eigenvalue weighted by atomic mass is 14.5. The van der Waals surface area contributed by atoms with Gasteiger partial charge in [0.15, 0.2) is 0 Å². The molecular weight excluding hydrogens is 156 g/mol. The van der Waals surface area contributed by atoms with E-state index in [1.807, 2.05) is 0 Å². The van der Waals surface area contributed by atoms with Gasteiger partial charge in [-0.05, 0) is 35.5 Å². The first-order valence-electron chi connectivity index (χ1n) is 5.81. The highest BCUT2D eigenvalue weighted by Crippen LogP contribution is 2.55. The van der Waals surface area contributed by atoms with Gasteiger partial charge in [0, 0.05) is 0 Å². The monoisotopic (exact) mass is 182 g/mol. The first-order chi connectivity index (χ1) is 5.81. The third-order valence-corrected chi connectivity index (χ3v) is 5.04. The fourth-order valence-electron chi connectivity index (χ4n) is 2.84. The van der Waals surface area contributed by atoms with Crippen molar-refractivity contribution in [3.8, 4) is 0 Å². The summed E-state index contributed by atoms with van der Waals surface area (Å²) in [5.74, 6) is 1.85. The number of rotatable bonds is 1. The molecule has 2 unspecified atom stereocenters. The topological polar surface area (TPSA) is 0 Å². The lowest BCUT2D eigenvalue weighted by molar-refractivity contribution is -0.0299. The smallest absolute Gasteiger partial charge is 0.0277 e. The first kappa shape index (κ1) is 11.1. The molecule has 0 heteroatoms. The van der Waals surface area contributed by atoms with Crippen molar-refractivity contribution in [2.45, 2.75) is 60.8 Å². The van der Waals surface area contributed by atoms with E-state index in [-0.39, 0.29) is 0 Å². The Hall–Kier alpha value is 0. The van der Waals surface area contributed by atoms with Crippen LogP contribution in [0.5, 0.6) is 0 Å². The lowest BCUT2D eigenvalue weighted by atomic mass is 9.52. The molecule has 1 aliphatic carbocycles. The highest BCUT2D eigenvalue weighted by molar-refractivity contribution is 4.95. The minimum Gasteiger partial charge on any atom is -0.0651 e. The molecule has 2 atom stereocenters. The molecule has 78 valence electrons. The van der Waals surface area contributed by atoms with Crippen molar-refractivity contribution in [2.75, 3.05) is 0 Å². The molecule has 0 radical (unpaired) electrons. The van der Waals surface area contributed by atoms with Gasteiger partial charge in [0.05, 0.1) is 0 Å². The van der Waals surface area contributed by atoms with Crippen LogP contribution in [0.2, 0.25) is 0 Å². The summed E-state index contributed by atoms with van der Waals surface area (Å²) >= 11 is 0. The fraction of sp³-hybridized carbons (Fsp3) is 1.00. The van der Waals surface area contributed by atoms with Crippen molar-refractivity contribution in [2.24, 2.45) is 22.7 Å². The van der Waals surface area contributed by atoms with Crippen LogP contribution in [0, 0.1) is 22.7 Å². The molecule has 13 heavy (non-hydrogen) atoms. The summed E-state index contributed by atoms with van der Waals surface area (Å²) in [7, 11) is 0. The summed E-state index contributed by atoms with van der Waals surface area (Å²) in [6, 6.07) is 0. The molecule has 0 saturated heterocycles. The zero-order chi connectivity index (χ0) is 10.3. The Morgan fingerprint density at radius 1 is 1.15 bits per heavy atom. The van der Waals surface area contributed by atoms with Gasteiger partial charge in [0.1, 0.15) is 0 Å². The molecule has 0 N–H and O–H groups in total. The third kappa shape index (κ3) is 1.78. The minimum absolute atomic E-state index is 0.513. The maximum absolute atomic E-state index is 2.45. The van der Waals surface area contributed by atoms with Crippen molar-refractivity contribution in [1.82, 2.24) is 0 Å². The average molecular weight is 182 g/mol. The molecule has 0 amide bonds. The maximum atomic E-state index is 2.45. The van der Waals surface area contributed by atoms with Crippen LogP contribution >= 0.6 is 0 Å². The molecule has 0 aliphatic heterocycles. The Labute approximate surface area is 84.1 Å². The van der Waals surface area contributed by atoms with E-state index < -0.39 is 0 Å². The van der Waals surface area contributed by atoms with Gasteiger partial charge in [-0.2, -0.15) is 0 Å². The van der Waals surface area contributed by atoms with Crippen LogP contribution in [0.15, 0.2) is 0 Å². The summed E-state index contributed by atoms with van der Waals surface area (Å²) in [6.45, 7) is 14.6. The van der Waals surface area contributed by atoms with E-state index in [4.69, 9.17) is 0 Å². The second-order valence-electron chi connectivity index (χ2n) is 6.22. The average Bonchev–Trinajstić information content (AvgIpc) is 2.00. The van der Waals surface area contributed by atoms with Gasteiger partial charge in [-0.25, -0.2) is 0 Å². The van der Waals surface area contributed by atoms with Crippen molar-refractivity contribution < 1.29 is 0 Å². The molecule has 0 spiro atoms. The van der Waals surface area contributed by atoms with Crippen LogP contribution in [-0.4, -0.2) is 0 Å². The highest BCUT2D eigenvalue weighted by Gasteiger charge is 2.46. The predicted octanol–water partition coefficient (Wildman–Crippen LogP) is 4.49. The molecule has 1 aliphatic rings. The van der Waals surface area contributed by atoms with Gasteiger partial charge in [0.2, 0.25) is 0 Å². The zero-order valence-corrected chi connectivity index (χ0v) is 10.3. The van der Waals surface area contributed by atoms with Crippen LogP contribution in [0.1, 0.15) is 60.8 Å².